The minimum atomic E-state index is 1.03. The highest BCUT2D eigenvalue weighted by Crippen LogP contribution is 1.87. The van der Waals surface area contributed by atoms with Gasteiger partial charge in [0.2, 0.25) is 0 Å². The Morgan fingerprint density at radius 2 is 2.25 bits per heavy atom. The average molecular weight is 134 g/mol. The summed E-state index contributed by atoms with van der Waals surface area (Å²) in [5.41, 5.74) is 0. The van der Waals surface area contributed by atoms with Crippen molar-refractivity contribution in [2.24, 2.45) is 5.14 Å². The van der Waals surface area contributed by atoms with Crippen LogP contribution in [0.4, 0.5) is 0 Å². The van der Waals surface area contributed by atoms with Crippen LogP contribution in [0.15, 0.2) is 0 Å². The van der Waals surface area contributed by atoms with Crippen molar-refractivity contribution in [1.82, 2.24) is 4.90 Å². The van der Waals surface area contributed by atoms with Crippen LogP contribution in [-0.2, 0) is 0 Å². The molecule has 2 nitrogen and oxygen atoms in total. The first-order chi connectivity index (χ1) is 3.81. The van der Waals surface area contributed by atoms with Crippen molar-refractivity contribution in [3.63, 3.8) is 0 Å². The first-order valence-electron chi connectivity index (χ1n) is 2.81. The first kappa shape index (κ1) is 8.27. The summed E-state index contributed by atoms with van der Waals surface area (Å²) in [6, 6.07) is 0. The minimum absolute atomic E-state index is 1.03. The van der Waals surface area contributed by atoms with Crippen molar-refractivity contribution in [1.29, 1.82) is 0 Å². The second kappa shape index (κ2) is 5.41. The van der Waals surface area contributed by atoms with Crippen molar-refractivity contribution in [3.05, 3.63) is 0 Å². The Kier molecular flexibility index (Phi) is 5.59. The molecule has 8 heavy (non-hydrogen) atoms. The first-order valence-corrected chi connectivity index (χ1v) is 3.86. The molecule has 3 heteroatoms. The van der Waals surface area contributed by atoms with Crippen molar-refractivity contribution in [2.45, 2.75) is 6.92 Å². The van der Waals surface area contributed by atoms with E-state index in [1.807, 2.05) is 0 Å². The number of nitrogens with two attached hydrogens (primary N) is 1. The Balaban J connectivity index is 2.86. The van der Waals surface area contributed by atoms with Crippen LogP contribution in [-0.4, -0.2) is 30.8 Å². The quantitative estimate of drug-likeness (QED) is 0.569. The summed E-state index contributed by atoms with van der Waals surface area (Å²) >= 11 is 1.40. The third kappa shape index (κ3) is 4.43. The van der Waals surface area contributed by atoms with E-state index in [0.29, 0.717) is 0 Å². The highest BCUT2D eigenvalue weighted by molar-refractivity contribution is 7.97. The van der Waals surface area contributed by atoms with Crippen LogP contribution in [0.1, 0.15) is 6.92 Å². The van der Waals surface area contributed by atoms with Crippen molar-refractivity contribution < 1.29 is 0 Å². The molecule has 0 aliphatic rings. The van der Waals surface area contributed by atoms with E-state index in [0.717, 1.165) is 18.8 Å². The second-order valence-corrected chi connectivity index (χ2v) is 2.51. The highest BCUT2D eigenvalue weighted by atomic mass is 32.2. The van der Waals surface area contributed by atoms with Crippen LogP contribution in [0.5, 0.6) is 0 Å². The molecule has 0 bridgehead atoms. The van der Waals surface area contributed by atoms with Crippen LogP contribution in [0.2, 0.25) is 0 Å². The predicted octanol–water partition coefficient (Wildman–Crippen LogP) is 0.545. The molecule has 2 N–H and O–H groups in total. The largest absolute Gasteiger partial charge is 0.306 e. The lowest BCUT2D eigenvalue weighted by Gasteiger charge is -2.10. The maximum Gasteiger partial charge on any atom is 0.0204 e. The molecule has 0 aromatic heterocycles. The molecule has 0 aromatic rings. The fourth-order valence-electron chi connectivity index (χ4n) is 0.367. The topological polar surface area (TPSA) is 29.3 Å². The molecule has 0 aliphatic heterocycles. The molecule has 0 heterocycles. The normalized spacial score (nSPS) is 10.5. The van der Waals surface area contributed by atoms with Crippen LogP contribution < -0.4 is 5.14 Å². The van der Waals surface area contributed by atoms with Gasteiger partial charge in [0.25, 0.3) is 0 Å². The van der Waals surface area contributed by atoms with Gasteiger partial charge in [0, 0.05) is 12.3 Å². The molecule has 0 rings (SSSR count). The van der Waals surface area contributed by atoms with Crippen molar-refractivity contribution >= 4 is 11.9 Å². The molecule has 0 amide bonds. The lowest BCUT2D eigenvalue weighted by Crippen LogP contribution is -2.20. The molecular formula is C5H14N2S. The fourth-order valence-corrected chi connectivity index (χ4v) is 0.784. The van der Waals surface area contributed by atoms with Crippen molar-refractivity contribution in [3.8, 4) is 0 Å². The lowest BCUT2D eigenvalue weighted by atomic mass is 10.6. The van der Waals surface area contributed by atoms with Gasteiger partial charge in [-0.3, -0.25) is 5.14 Å². The highest BCUT2D eigenvalue weighted by Gasteiger charge is 1.89. The Bertz CT molecular complexity index is 49.7. The molecular weight excluding hydrogens is 120 g/mol. The average Bonchev–Trinajstić information content (AvgIpc) is 1.83. The van der Waals surface area contributed by atoms with Gasteiger partial charge in [-0.15, -0.1) is 0 Å². The molecule has 0 aromatic carbocycles. The number of hydrogen-bond donors (Lipinski definition) is 1. The van der Waals surface area contributed by atoms with Gasteiger partial charge in [-0.2, -0.15) is 0 Å². The van der Waals surface area contributed by atoms with Gasteiger partial charge in [0.15, 0.2) is 0 Å². The van der Waals surface area contributed by atoms with Gasteiger partial charge in [-0.25, -0.2) is 0 Å². The fraction of sp³-hybridized carbons (Fsp3) is 1.00. The van der Waals surface area contributed by atoms with E-state index in [4.69, 9.17) is 5.14 Å². The molecule has 0 unspecified atom stereocenters. The molecule has 50 valence electrons. The Labute approximate surface area is 55.6 Å². The molecule has 0 saturated heterocycles. The van der Waals surface area contributed by atoms with Gasteiger partial charge in [0.05, 0.1) is 0 Å². The maximum atomic E-state index is 5.22. The zero-order valence-corrected chi connectivity index (χ0v) is 6.37. The molecule has 0 aliphatic carbocycles. The van der Waals surface area contributed by atoms with E-state index >= 15 is 0 Å². The Hall–Kier alpha value is 0.270. The maximum absolute atomic E-state index is 5.22. The van der Waals surface area contributed by atoms with E-state index in [1.54, 1.807) is 0 Å². The third-order valence-electron chi connectivity index (χ3n) is 1.13. The summed E-state index contributed by atoms with van der Waals surface area (Å²) in [6.07, 6.45) is 0. The van der Waals surface area contributed by atoms with Gasteiger partial charge in [-0.1, -0.05) is 18.9 Å². The Morgan fingerprint density at radius 1 is 1.62 bits per heavy atom. The smallest absolute Gasteiger partial charge is 0.0204 e. The Morgan fingerprint density at radius 3 is 2.62 bits per heavy atom. The molecule has 0 fully saturated rings. The van der Waals surface area contributed by atoms with Gasteiger partial charge >= 0.3 is 0 Å². The second-order valence-electron chi connectivity index (χ2n) is 1.77. The summed E-state index contributed by atoms with van der Waals surface area (Å²) in [4.78, 5) is 2.24. The number of nitrogens with zero attached hydrogens (tertiary/aromatic N) is 1. The zero-order valence-electron chi connectivity index (χ0n) is 5.55. The summed E-state index contributed by atoms with van der Waals surface area (Å²) in [5.74, 6) is 1.03. The molecule has 0 spiro atoms. The summed E-state index contributed by atoms with van der Waals surface area (Å²) in [6.45, 7) is 4.35. The van der Waals surface area contributed by atoms with Gasteiger partial charge < -0.3 is 4.90 Å². The summed E-state index contributed by atoms with van der Waals surface area (Å²) in [5, 5.41) is 5.22. The van der Waals surface area contributed by atoms with Crippen LogP contribution in [0.25, 0.3) is 0 Å². The summed E-state index contributed by atoms with van der Waals surface area (Å²) in [7, 11) is 2.09. The summed E-state index contributed by atoms with van der Waals surface area (Å²) < 4.78 is 0. The van der Waals surface area contributed by atoms with E-state index in [1.165, 1.54) is 11.9 Å². The van der Waals surface area contributed by atoms with E-state index < -0.39 is 0 Å². The predicted molar refractivity (Wildman–Crippen MR) is 39.8 cm³/mol. The van der Waals surface area contributed by atoms with Gasteiger partial charge in [-0.05, 0) is 13.6 Å². The van der Waals surface area contributed by atoms with E-state index in [9.17, 15) is 0 Å². The SMILES string of the molecule is CCN(C)CCSN. The standard InChI is InChI=1S/C5H14N2S/c1-3-7(2)4-5-8-6/h3-6H2,1-2H3. The number of hydrogen-bond acceptors (Lipinski definition) is 3. The lowest BCUT2D eigenvalue weighted by molar-refractivity contribution is 0.376. The van der Waals surface area contributed by atoms with E-state index in [-0.39, 0.29) is 0 Å². The zero-order chi connectivity index (χ0) is 6.41. The molecule has 0 radical (unpaired) electrons. The van der Waals surface area contributed by atoms with Crippen molar-refractivity contribution in [2.75, 3.05) is 25.9 Å². The monoisotopic (exact) mass is 134 g/mol. The number of rotatable bonds is 4. The van der Waals surface area contributed by atoms with Crippen LogP contribution in [0.3, 0.4) is 0 Å². The van der Waals surface area contributed by atoms with E-state index in [2.05, 4.69) is 18.9 Å². The minimum Gasteiger partial charge on any atom is -0.306 e. The van der Waals surface area contributed by atoms with Crippen LogP contribution >= 0.6 is 11.9 Å². The molecule has 0 atom stereocenters. The molecule has 0 saturated carbocycles. The van der Waals surface area contributed by atoms with Crippen LogP contribution in [0, 0.1) is 0 Å². The van der Waals surface area contributed by atoms with Gasteiger partial charge in [0.1, 0.15) is 0 Å². The third-order valence-corrected chi connectivity index (χ3v) is 1.55.